The van der Waals surface area contributed by atoms with Crippen molar-refractivity contribution in [3.8, 4) is 0 Å². The summed E-state index contributed by atoms with van der Waals surface area (Å²) < 4.78 is 29.0. The van der Waals surface area contributed by atoms with E-state index < -0.39 is 12.5 Å². The quantitative estimate of drug-likeness (QED) is 0.798. The molecule has 0 amide bonds. The average Bonchev–Trinajstić information content (AvgIpc) is 2.78. The van der Waals surface area contributed by atoms with E-state index in [9.17, 15) is 8.78 Å². The molecular formula is C12H12ClF2N3. The fourth-order valence-electron chi connectivity index (χ4n) is 1.55. The van der Waals surface area contributed by atoms with Crippen molar-refractivity contribution in [3.05, 3.63) is 47.8 Å². The van der Waals surface area contributed by atoms with Crippen LogP contribution in [0.5, 0.6) is 0 Å². The predicted molar refractivity (Wildman–Crippen MR) is 64.6 cm³/mol. The Morgan fingerprint density at radius 2 is 2.00 bits per heavy atom. The summed E-state index contributed by atoms with van der Waals surface area (Å²) in [7, 11) is 0. The standard InChI is InChI=1S/C12H12ClF2N3/c1-9(13)11-7-18(17-16-11)8-12(14,15)10-5-3-2-4-6-10/h2-7,9H,8H2,1H3. The van der Waals surface area contributed by atoms with Crippen LogP contribution in [0, 0.1) is 0 Å². The van der Waals surface area contributed by atoms with Gasteiger partial charge in [-0.2, -0.15) is 8.78 Å². The van der Waals surface area contributed by atoms with Crippen LogP contribution in [0.1, 0.15) is 23.6 Å². The van der Waals surface area contributed by atoms with Crippen LogP contribution < -0.4 is 0 Å². The molecule has 0 aliphatic carbocycles. The van der Waals surface area contributed by atoms with Crippen molar-refractivity contribution in [1.82, 2.24) is 15.0 Å². The number of rotatable bonds is 4. The van der Waals surface area contributed by atoms with Gasteiger partial charge < -0.3 is 0 Å². The van der Waals surface area contributed by atoms with E-state index in [2.05, 4.69) is 10.3 Å². The first-order valence-corrected chi connectivity index (χ1v) is 5.90. The van der Waals surface area contributed by atoms with E-state index in [-0.39, 0.29) is 10.9 Å². The van der Waals surface area contributed by atoms with Crippen molar-refractivity contribution < 1.29 is 8.78 Å². The normalized spacial score (nSPS) is 13.6. The van der Waals surface area contributed by atoms with Crippen molar-refractivity contribution in [2.75, 3.05) is 0 Å². The van der Waals surface area contributed by atoms with E-state index in [0.717, 1.165) is 4.68 Å². The Kier molecular flexibility index (Phi) is 3.61. The average molecular weight is 272 g/mol. The zero-order chi connectivity index (χ0) is 13.2. The lowest BCUT2D eigenvalue weighted by atomic mass is 10.1. The first kappa shape index (κ1) is 13.0. The number of hydrogen-bond acceptors (Lipinski definition) is 2. The fraction of sp³-hybridized carbons (Fsp3) is 0.333. The number of hydrogen-bond donors (Lipinski definition) is 0. The minimum Gasteiger partial charge on any atom is -0.246 e. The molecule has 0 radical (unpaired) electrons. The molecule has 1 atom stereocenters. The highest BCUT2D eigenvalue weighted by Gasteiger charge is 2.32. The van der Waals surface area contributed by atoms with Gasteiger partial charge in [0.1, 0.15) is 12.2 Å². The van der Waals surface area contributed by atoms with Crippen LogP contribution in [0.3, 0.4) is 0 Å². The second-order valence-corrected chi connectivity index (χ2v) is 4.68. The minimum absolute atomic E-state index is 0.0408. The third-order valence-corrected chi connectivity index (χ3v) is 2.74. The van der Waals surface area contributed by atoms with E-state index in [0.29, 0.717) is 5.69 Å². The summed E-state index contributed by atoms with van der Waals surface area (Å²) in [6, 6.07) is 7.64. The number of alkyl halides is 3. The Labute approximate surface area is 108 Å². The molecule has 1 aromatic carbocycles. The van der Waals surface area contributed by atoms with Gasteiger partial charge in [0.25, 0.3) is 5.92 Å². The van der Waals surface area contributed by atoms with Crippen LogP contribution in [-0.4, -0.2) is 15.0 Å². The largest absolute Gasteiger partial charge is 0.292 e. The maximum Gasteiger partial charge on any atom is 0.292 e. The molecule has 0 N–H and O–H groups in total. The van der Waals surface area contributed by atoms with Crippen molar-refractivity contribution in [3.63, 3.8) is 0 Å². The lowest BCUT2D eigenvalue weighted by Gasteiger charge is -2.16. The van der Waals surface area contributed by atoms with E-state index in [1.54, 1.807) is 25.1 Å². The van der Waals surface area contributed by atoms with Crippen LogP contribution >= 0.6 is 11.6 Å². The van der Waals surface area contributed by atoms with Crippen molar-refractivity contribution in [2.24, 2.45) is 0 Å². The molecule has 0 spiro atoms. The Hall–Kier alpha value is -1.49. The minimum atomic E-state index is -2.98. The first-order valence-electron chi connectivity index (χ1n) is 5.46. The summed E-state index contributed by atoms with van der Waals surface area (Å²) in [6.07, 6.45) is 1.44. The molecule has 3 nitrogen and oxygen atoms in total. The summed E-state index contributed by atoms with van der Waals surface area (Å²) in [5.41, 5.74) is 0.446. The molecule has 2 rings (SSSR count). The molecule has 1 aromatic heterocycles. The molecule has 0 aliphatic rings. The molecule has 1 heterocycles. The van der Waals surface area contributed by atoms with Gasteiger partial charge in [-0.05, 0) is 6.92 Å². The zero-order valence-electron chi connectivity index (χ0n) is 9.72. The topological polar surface area (TPSA) is 30.7 Å². The van der Waals surface area contributed by atoms with Gasteiger partial charge in [0.05, 0.1) is 11.6 Å². The van der Waals surface area contributed by atoms with Crippen molar-refractivity contribution in [2.45, 2.75) is 24.8 Å². The summed E-state index contributed by atoms with van der Waals surface area (Å²) in [5, 5.41) is 7.05. The van der Waals surface area contributed by atoms with Gasteiger partial charge in [-0.1, -0.05) is 35.5 Å². The van der Waals surface area contributed by atoms with Crippen LogP contribution in [0.4, 0.5) is 8.78 Å². The second kappa shape index (κ2) is 5.02. The molecule has 0 fully saturated rings. The molecular weight excluding hydrogens is 260 g/mol. The zero-order valence-corrected chi connectivity index (χ0v) is 10.5. The predicted octanol–water partition coefficient (Wildman–Crippen LogP) is 3.37. The molecule has 2 aromatic rings. The van der Waals surface area contributed by atoms with E-state index in [1.165, 1.54) is 18.3 Å². The highest BCUT2D eigenvalue weighted by Crippen LogP contribution is 2.29. The summed E-state index contributed by atoms with van der Waals surface area (Å²) in [4.78, 5) is 0. The number of benzene rings is 1. The Balaban J connectivity index is 2.17. The van der Waals surface area contributed by atoms with Gasteiger partial charge in [-0.3, -0.25) is 0 Å². The van der Waals surface area contributed by atoms with Gasteiger partial charge in [0.15, 0.2) is 0 Å². The van der Waals surface area contributed by atoms with Crippen molar-refractivity contribution in [1.29, 1.82) is 0 Å². The smallest absolute Gasteiger partial charge is 0.246 e. The summed E-state index contributed by atoms with van der Waals surface area (Å²) >= 11 is 5.80. The molecule has 0 saturated carbocycles. The van der Waals surface area contributed by atoms with E-state index in [4.69, 9.17) is 11.6 Å². The Bertz CT molecular complexity index is 511. The molecule has 0 aliphatic heterocycles. The van der Waals surface area contributed by atoms with Crippen LogP contribution in [-0.2, 0) is 12.5 Å². The summed E-state index contributed by atoms with van der Waals surface area (Å²) in [6.45, 7) is 1.17. The second-order valence-electron chi connectivity index (χ2n) is 4.03. The maximum absolute atomic E-state index is 13.9. The molecule has 6 heteroatoms. The lowest BCUT2D eigenvalue weighted by Crippen LogP contribution is -2.21. The van der Waals surface area contributed by atoms with Crippen LogP contribution in [0.2, 0.25) is 0 Å². The number of nitrogens with zero attached hydrogens (tertiary/aromatic N) is 3. The van der Waals surface area contributed by atoms with E-state index in [1.807, 2.05) is 0 Å². The third-order valence-electron chi connectivity index (χ3n) is 2.52. The van der Waals surface area contributed by atoms with E-state index >= 15 is 0 Å². The molecule has 1 unspecified atom stereocenters. The van der Waals surface area contributed by atoms with Gasteiger partial charge in [-0.15, -0.1) is 16.7 Å². The van der Waals surface area contributed by atoms with Gasteiger partial charge in [-0.25, -0.2) is 4.68 Å². The fourth-order valence-corrected chi connectivity index (χ4v) is 1.65. The molecule has 0 bridgehead atoms. The van der Waals surface area contributed by atoms with Gasteiger partial charge >= 0.3 is 0 Å². The molecule has 18 heavy (non-hydrogen) atoms. The first-order chi connectivity index (χ1) is 8.49. The highest BCUT2D eigenvalue weighted by molar-refractivity contribution is 6.20. The number of halogens is 3. The SMILES string of the molecule is CC(Cl)c1cn(CC(F)(F)c2ccccc2)nn1. The van der Waals surface area contributed by atoms with Crippen LogP contribution in [0.15, 0.2) is 36.5 Å². The molecule has 0 saturated heterocycles. The van der Waals surface area contributed by atoms with Crippen molar-refractivity contribution >= 4 is 11.6 Å². The van der Waals surface area contributed by atoms with Crippen LogP contribution in [0.25, 0.3) is 0 Å². The van der Waals surface area contributed by atoms with Gasteiger partial charge in [0.2, 0.25) is 0 Å². The number of aromatic nitrogens is 3. The maximum atomic E-state index is 13.9. The summed E-state index contributed by atoms with van der Waals surface area (Å²) in [5.74, 6) is -2.98. The Morgan fingerprint density at radius 3 is 2.56 bits per heavy atom. The highest BCUT2D eigenvalue weighted by atomic mass is 35.5. The van der Waals surface area contributed by atoms with Gasteiger partial charge in [0, 0.05) is 5.56 Å². The monoisotopic (exact) mass is 271 g/mol. The Morgan fingerprint density at radius 1 is 1.33 bits per heavy atom. The lowest BCUT2D eigenvalue weighted by molar-refractivity contribution is -0.0258. The third kappa shape index (κ3) is 2.85. The molecule has 96 valence electrons.